The maximum absolute atomic E-state index is 10.9. The lowest BCUT2D eigenvalue weighted by Crippen LogP contribution is -2.12. The molecule has 0 aliphatic carbocycles. The normalized spacial score (nSPS) is 11.3. The van der Waals surface area contributed by atoms with Gasteiger partial charge in [-0.05, 0) is 17.7 Å². The molecule has 1 aromatic carbocycles. The van der Waals surface area contributed by atoms with Crippen LogP contribution in [0.1, 0.15) is 5.56 Å². The van der Waals surface area contributed by atoms with Gasteiger partial charge in [-0.25, -0.2) is 8.42 Å². The summed E-state index contributed by atoms with van der Waals surface area (Å²) in [7, 11) is -2.94. The van der Waals surface area contributed by atoms with E-state index in [1.165, 1.54) is 6.26 Å². The molecular formula is C10H13BrO3S. The average Bonchev–Trinajstić information content (AvgIpc) is 2.16. The third kappa shape index (κ3) is 5.18. The molecule has 0 fully saturated rings. The summed E-state index contributed by atoms with van der Waals surface area (Å²) in [5, 5.41) is 0.760. The number of halogens is 1. The van der Waals surface area contributed by atoms with Crippen LogP contribution >= 0.6 is 15.9 Å². The number of alkyl halides is 1. The standard InChI is InChI=1S/C10H13BrO3S/c1-15(12,13)6-5-14-10-4-2-3-9(7-10)8-11/h2-4,7H,5-6,8H2,1H3. The Balaban J connectivity index is 2.51. The van der Waals surface area contributed by atoms with Gasteiger partial charge >= 0.3 is 0 Å². The van der Waals surface area contributed by atoms with Crippen molar-refractivity contribution < 1.29 is 13.2 Å². The van der Waals surface area contributed by atoms with Gasteiger partial charge in [0.2, 0.25) is 0 Å². The van der Waals surface area contributed by atoms with E-state index in [-0.39, 0.29) is 12.4 Å². The Morgan fingerprint density at radius 1 is 1.40 bits per heavy atom. The lowest BCUT2D eigenvalue weighted by atomic mass is 10.2. The quantitative estimate of drug-likeness (QED) is 0.780. The van der Waals surface area contributed by atoms with Gasteiger partial charge in [0.1, 0.15) is 12.4 Å². The van der Waals surface area contributed by atoms with Gasteiger partial charge in [-0.3, -0.25) is 0 Å². The van der Waals surface area contributed by atoms with Crippen LogP contribution in [0.4, 0.5) is 0 Å². The summed E-state index contributed by atoms with van der Waals surface area (Å²) in [5.74, 6) is 0.751. The lowest BCUT2D eigenvalue weighted by Gasteiger charge is -2.06. The van der Waals surface area contributed by atoms with Crippen molar-refractivity contribution >= 4 is 25.8 Å². The molecule has 0 amide bonds. The molecular weight excluding hydrogens is 280 g/mol. The van der Waals surface area contributed by atoms with Crippen molar-refractivity contribution in [2.24, 2.45) is 0 Å². The summed E-state index contributed by atoms with van der Waals surface area (Å²) in [5.41, 5.74) is 1.10. The molecule has 0 saturated carbocycles. The Morgan fingerprint density at radius 3 is 2.73 bits per heavy atom. The minimum Gasteiger partial charge on any atom is -0.493 e. The van der Waals surface area contributed by atoms with E-state index in [2.05, 4.69) is 15.9 Å². The topological polar surface area (TPSA) is 43.4 Å². The third-order valence-electron chi connectivity index (χ3n) is 1.78. The van der Waals surface area contributed by atoms with Crippen LogP contribution in [0.15, 0.2) is 24.3 Å². The molecule has 0 bridgehead atoms. The average molecular weight is 293 g/mol. The van der Waals surface area contributed by atoms with Crippen LogP contribution in [0.2, 0.25) is 0 Å². The Bertz CT molecular complexity index is 414. The maximum Gasteiger partial charge on any atom is 0.150 e. The fourth-order valence-corrected chi connectivity index (χ4v) is 1.76. The Morgan fingerprint density at radius 2 is 2.13 bits per heavy atom. The molecule has 0 aliphatic rings. The van der Waals surface area contributed by atoms with E-state index in [1.807, 2.05) is 24.3 Å². The predicted molar refractivity (Wildman–Crippen MR) is 64.3 cm³/mol. The number of rotatable bonds is 5. The largest absolute Gasteiger partial charge is 0.493 e. The van der Waals surface area contributed by atoms with Gasteiger partial charge in [-0.2, -0.15) is 0 Å². The molecule has 0 atom stereocenters. The monoisotopic (exact) mass is 292 g/mol. The second kappa shape index (κ2) is 5.51. The molecule has 0 N–H and O–H groups in total. The first-order valence-corrected chi connectivity index (χ1v) is 7.65. The van der Waals surface area contributed by atoms with Crippen molar-refractivity contribution in [3.05, 3.63) is 29.8 Å². The summed E-state index contributed by atoms with van der Waals surface area (Å²) in [6.07, 6.45) is 1.20. The zero-order valence-electron chi connectivity index (χ0n) is 8.44. The van der Waals surface area contributed by atoms with E-state index >= 15 is 0 Å². The highest BCUT2D eigenvalue weighted by Crippen LogP contribution is 2.15. The van der Waals surface area contributed by atoms with E-state index in [0.717, 1.165) is 10.9 Å². The first kappa shape index (κ1) is 12.5. The molecule has 3 nitrogen and oxygen atoms in total. The van der Waals surface area contributed by atoms with Gasteiger partial charge < -0.3 is 4.74 Å². The number of benzene rings is 1. The van der Waals surface area contributed by atoms with Gasteiger partial charge in [-0.15, -0.1) is 0 Å². The summed E-state index contributed by atoms with van der Waals surface area (Å²) >= 11 is 3.34. The molecule has 0 saturated heterocycles. The number of hydrogen-bond acceptors (Lipinski definition) is 3. The van der Waals surface area contributed by atoms with E-state index in [9.17, 15) is 8.42 Å². The van der Waals surface area contributed by atoms with Crippen LogP contribution in [-0.4, -0.2) is 27.0 Å². The molecule has 0 radical (unpaired) electrons. The van der Waals surface area contributed by atoms with E-state index in [0.29, 0.717) is 5.75 Å². The summed E-state index contributed by atoms with van der Waals surface area (Å²) in [6.45, 7) is 0.199. The summed E-state index contributed by atoms with van der Waals surface area (Å²) in [4.78, 5) is 0. The van der Waals surface area contributed by atoms with Crippen molar-refractivity contribution in [3.63, 3.8) is 0 Å². The Hall–Kier alpha value is -0.550. The molecule has 1 aromatic rings. The molecule has 15 heavy (non-hydrogen) atoms. The SMILES string of the molecule is CS(=O)(=O)CCOc1cccc(CBr)c1. The minimum atomic E-state index is -2.94. The van der Waals surface area contributed by atoms with E-state index in [4.69, 9.17) is 4.74 Å². The fraction of sp³-hybridized carbons (Fsp3) is 0.400. The van der Waals surface area contributed by atoms with Gasteiger partial charge in [0, 0.05) is 11.6 Å². The summed E-state index contributed by atoms with van der Waals surface area (Å²) in [6, 6.07) is 7.55. The third-order valence-corrected chi connectivity index (χ3v) is 3.33. The van der Waals surface area contributed by atoms with E-state index < -0.39 is 9.84 Å². The molecule has 0 spiro atoms. The molecule has 5 heteroatoms. The smallest absolute Gasteiger partial charge is 0.150 e. The highest BCUT2D eigenvalue weighted by Gasteiger charge is 2.02. The van der Waals surface area contributed by atoms with Crippen molar-refractivity contribution in [2.75, 3.05) is 18.6 Å². The predicted octanol–water partition coefficient (Wildman–Crippen LogP) is 2.00. The van der Waals surface area contributed by atoms with Crippen molar-refractivity contribution in [1.29, 1.82) is 0 Å². The first-order chi connectivity index (χ1) is 7.01. The van der Waals surface area contributed by atoms with Crippen molar-refractivity contribution in [3.8, 4) is 5.75 Å². The molecule has 84 valence electrons. The molecule has 0 unspecified atom stereocenters. The highest BCUT2D eigenvalue weighted by molar-refractivity contribution is 9.08. The second-order valence-electron chi connectivity index (χ2n) is 3.26. The molecule has 0 aliphatic heterocycles. The van der Waals surface area contributed by atoms with Gasteiger partial charge in [-0.1, -0.05) is 28.1 Å². The van der Waals surface area contributed by atoms with Crippen molar-refractivity contribution in [1.82, 2.24) is 0 Å². The fourth-order valence-electron chi connectivity index (χ4n) is 1.03. The number of hydrogen-bond donors (Lipinski definition) is 0. The lowest BCUT2D eigenvalue weighted by molar-refractivity contribution is 0.341. The van der Waals surface area contributed by atoms with Gasteiger partial charge in [0.05, 0.1) is 5.75 Å². The van der Waals surface area contributed by atoms with Crippen molar-refractivity contribution in [2.45, 2.75) is 5.33 Å². The maximum atomic E-state index is 10.9. The zero-order valence-corrected chi connectivity index (χ0v) is 10.8. The molecule has 1 rings (SSSR count). The first-order valence-electron chi connectivity index (χ1n) is 4.47. The van der Waals surface area contributed by atoms with Crippen LogP contribution in [0.3, 0.4) is 0 Å². The number of sulfone groups is 1. The van der Waals surface area contributed by atoms with Crippen LogP contribution in [0.5, 0.6) is 5.75 Å². The second-order valence-corrected chi connectivity index (χ2v) is 6.08. The Kier molecular flexibility index (Phi) is 4.60. The van der Waals surface area contributed by atoms with Gasteiger partial charge in [0.25, 0.3) is 0 Å². The number of ether oxygens (including phenoxy) is 1. The zero-order chi connectivity index (χ0) is 11.3. The van der Waals surface area contributed by atoms with E-state index in [1.54, 1.807) is 0 Å². The Labute approximate surface area is 98.5 Å². The molecule has 0 aromatic heterocycles. The summed E-state index contributed by atoms with van der Waals surface area (Å²) < 4.78 is 27.0. The van der Waals surface area contributed by atoms with Crippen LogP contribution < -0.4 is 4.74 Å². The van der Waals surface area contributed by atoms with Crippen LogP contribution in [0, 0.1) is 0 Å². The highest BCUT2D eigenvalue weighted by atomic mass is 79.9. The molecule has 0 heterocycles. The minimum absolute atomic E-state index is 0.0472. The van der Waals surface area contributed by atoms with Crippen LogP contribution in [0.25, 0.3) is 0 Å². The van der Waals surface area contributed by atoms with Crippen LogP contribution in [-0.2, 0) is 15.2 Å². The van der Waals surface area contributed by atoms with Gasteiger partial charge in [0.15, 0.2) is 9.84 Å².